The molecular weight excluding hydrogens is 440 g/mol. The number of furan rings is 1. The van der Waals surface area contributed by atoms with Gasteiger partial charge in [0.15, 0.2) is 16.7 Å². The van der Waals surface area contributed by atoms with Gasteiger partial charge in [0, 0.05) is 5.56 Å². The van der Waals surface area contributed by atoms with Crippen LogP contribution >= 0.6 is 11.3 Å². The summed E-state index contributed by atoms with van der Waals surface area (Å²) in [5.74, 6) is -1.38. The van der Waals surface area contributed by atoms with E-state index in [1.54, 1.807) is 30.3 Å². The molecule has 1 aliphatic rings. The quantitative estimate of drug-likeness (QED) is 0.396. The lowest BCUT2D eigenvalue weighted by atomic mass is 9.94. The molecule has 1 atom stereocenters. The zero-order chi connectivity index (χ0) is 23.1. The van der Waals surface area contributed by atoms with Crippen molar-refractivity contribution in [2.45, 2.75) is 19.4 Å². The number of methoxy groups -OCH3 is 1. The van der Waals surface area contributed by atoms with Gasteiger partial charge in [-0.05, 0) is 42.3 Å². The van der Waals surface area contributed by atoms with Crippen LogP contribution in [-0.2, 0) is 11.2 Å². The summed E-state index contributed by atoms with van der Waals surface area (Å²) in [6, 6.07) is 15.2. The zero-order valence-corrected chi connectivity index (χ0v) is 18.8. The van der Waals surface area contributed by atoms with Crippen molar-refractivity contribution in [1.82, 2.24) is 4.98 Å². The van der Waals surface area contributed by atoms with Crippen LogP contribution in [0.3, 0.4) is 0 Å². The Morgan fingerprint density at radius 2 is 2.03 bits per heavy atom. The van der Waals surface area contributed by atoms with Crippen LogP contribution in [0.15, 0.2) is 76.6 Å². The van der Waals surface area contributed by atoms with E-state index in [-0.39, 0.29) is 11.3 Å². The number of rotatable bonds is 6. The molecular formula is C25H20N2O5S. The van der Waals surface area contributed by atoms with Gasteiger partial charge in [0.2, 0.25) is 5.78 Å². The third kappa shape index (κ3) is 3.39. The summed E-state index contributed by atoms with van der Waals surface area (Å²) in [5.41, 5.74) is 2.37. The number of benzene rings is 2. The van der Waals surface area contributed by atoms with Gasteiger partial charge in [-0.25, -0.2) is 4.98 Å². The lowest BCUT2D eigenvalue weighted by Crippen LogP contribution is -2.31. The second-order valence-electron chi connectivity index (χ2n) is 7.54. The van der Waals surface area contributed by atoms with E-state index >= 15 is 0 Å². The second-order valence-corrected chi connectivity index (χ2v) is 8.55. The Balaban J connectivity index is 1.70. The van der Waals surface area contributed by atoms with Crippen molar-refractivity contribution in [3.8, 4) is 5.75 Å². The van der Waals surface area contributed by atoms with Crippen LogP contribution < -0.4 is 9.64 Å². The number of hydrogen-bond donors (Lipinski definition) is 1. The highest BCUT2D eigenvalue weighted by molar-refractivity contribution is 7.22. The Morgan fingerprint density at radius 3 is 2.76 bits per heavy atom. The van der Waals surface area contributed by atoms with Crippen molar-refractivity contribution in [3.63, 3.8) is 0 Å². The number of fused-ring (bicyclic) bond motifs is 1. The van der Waals surface area contributed by atoms with Crippen LogP contribution in [0.25, 0.3) is 10.2 Å². The highest BCUT2D eigenvalue weighted by Gasteiger charge is 2.47. The van der Waals surface area contributed by atoms with Crippen molar-refractivity contribution in [3.05, 3.63) is 89.1 Å². The summed E-state index contributed by atoms with van der Waals surface area (Å²) in [6.07, 6.45) is 2.25. The van der Waals surface area contributed by atoms with E-state index in [4.69, 9.17) is 9.15 Å². The van der Waals surface area contributed by atoms with E-state index in [0.717, 1.165) is 22.2 Å². The van der Waals surface area contributed by atoms with Gasteiger partial charge in [0.05, 0.1) is 29.2 Å². The first-order chi connectivity index (χ1) is 16.0. The molecule has 2 aromatic heterocycles. The molecule has 2 aromatic carbocycles. The van der Waals surface area contributed by atoms with E-state index in [9.17, 15) is 14.7 Å². The number of aliphatic hydroxyl groups is 1. The average Bonchev–Trinajstić information content (AvgIpc) is 3.57. The Morgan fingerprint density at radius 1 is 1.21 bits per heavy atom. The van der Waals surface area contributed by atoms with Crippen molar-refractivity contribution >= 4 is 38.4 Å². The van der Waals surface area contributed by atoms with Gasteiger partial charge >= 0.3 is 0 Å². The Bertz CT molecular complexity index is 1400. The minimum Gasteiger partial charge on any atom is -0.503 e. The molecule has 1 N–H and O–H groups in total. The topological polar surface area (TPSA) is 92.9 Å². The summed E-state index contributed by atoms with van der Waals surface area (Å²) in [5, 5.41) is 11.3. The van der Waals surface area contributed by atoms with Crippen LogP contribution in [0.4, 0.5) is 5.13 Å². The molecule has 0 fully saturated rings. The smallest absolute Gasteiger partial charge is 0.296 e. The SMILES string of the molecule is CCc1ccc2nc(N3C(=O)C(O)=C(C(=O)c4ccco4)[C@@H]3c3ccccc3OC)sc2c1. The van der Waals surface area contributed by atoms with Gasteiger partial charge in [0.1, 0.15) is 11.8 Å². The minimum atomic E-state index is -0.933. The number of hydrogen-bond acceptors (Lipinski definition) is 7. The lowest BCUT2D eigenvalue weighted by Gasteiger charge is -2.25. The molecule has 0 radical (unpaired) electrons. The number of aryl methyl sites for hydroxylation is 1. The Hall–Kier alpha value is -3.91. The lowest BCUT2D eigenvalue weighted by molar-refractivity contribution is -0.117. The number of ether oxygens (including phenoxy) is 1. The van der Waals surface area contributed by atoms with E-state index in [1.165, 1.54) is 35.7 Å². The van der Waals surface area contributed by atoms with Crippen molar-refractivity contribution in [2.75, 3.05) is 12.0 Å². The van der Waals surface area contributed by atoms with E-state index in [1.807, 2.05) is 18.2 Å². The largest absolute Gasteiger partial charge is 0.503 e. The summed E-state index contributed by atoms with van der Waals surface area (Å²) in [4.78, 5) is 32.7. The molecule has 4 aromatic rings. The summed E-state index contributed by atoms with van der Waals surface area (Å²) >= 11 is 1.33. The number of thiazole rings is 1. The van der Waals surface area contributed by atoms with Gasteiger partial charge in [-0.1, -0.05) is 42.5 Å². The number of carbonyl (C=O) groups excluding carboxylic acids is 2. The molecule has 7 nitrogen and oxygen atoms in total. The maximum atomic E-state index is 13.3. The van der Waals surface area contributed by atoms with E-state index < -0.39 is 23.5 Å². The molecule has 3 heterocycles. The fraction of sp³-hybridized carbons (Fsp3) is 0.160. The molecule has 0 unspecified atom stereocenters. The maximum absolute atomic E-state index is 13.3. The highest BCUT2D eigenvalue weighted by atomic mass is 32.1. The number of para-hydroxylation sites is 1. The zero-order valence-electron chi connectivity index (χ0n) is 17.9. The molecule has 5 rings (SSSR count). The van der Waals surface area contributed by atoms with Crippen LogP contribution in [-0.4, -0.2) is 28.9 Å². The molecule has 33 heavy (non-hydrogen) atoms. The number of aliphatic hydroxyl groups excluding tert-OH is 1. The normalized spacial score (nSPS) is 16.1. The summed E-state index contributed by atoms with van der Waals surface area (Å²) in [7, 11) is 1.52. The number of amides is 1. The van der Waals surface area contributed by atoms with Gasteiger partial charge < -0.3 is 14.3 Å². The fourth-order valence-corrected chi connectivity index (χ4v) is 5.10. The molecule has 8 heteroatoms. The second kappa shape index (κ2) is 8.22. The van der Waals surface area contributed by atoms with Crippen LogP contribution in [0, 0.1) is 0 Å². The molecule has 0 spiro atoms. The number of nitrogens with zero attached hydrogens (tertiary/aromatic N) is 2. The van der Waals surface area contributed by atoms with Gasteiger partial charge in [0.25, 0.3) is 5.91 Å². The fourth-order valence-electron chi connectivity index (χ4n) is 4.04. The van der Waals surface area contributed by atoms with Crippen molar-refractivity contribution in [2.24, 2.45) is 0 Å². The molecule has 0 bridgehead atoms. The summed E-state index contributed by atoms with van der Waals surface area (Å²) < 4.78 is 11.7. The van der Waals surface area contributed by atoms with Crippen LogP contribution in [0.2, 0.25) is 0 Å². The first kappa shape index (κ1) is 21.0. The number of ketones is 1. The average molecular weight is 461 g/mol. The van der Waals surface area contributed by atoms with Crippen LogP contribution in [0.1, 0.15) is 34.6 Å². The predicted molar refractivity (Wildman–Crippen MR) is 125 cm³/mol. The molecule has 1 amide bonds. The molecule has 166 valence electrons. The van der Waals surface area contributed by atoms with E-state index in [2.05, 4.69) is 11.9 Å². The molecule has 0 saturated heterocycles. The third-order valence-corrected chi connectivity index (χ3v) is 6.70. The van der Waals surface area contributed by atoms with Crippen molar-refractivity contribution < 1.29 is 23.8 Å². The molecule has 0 aliphatic carbocycles. The maximum Gasteiger partial charge on any atom is 0.296 e. The minimum absolute atomic E-state index is 0.0305. The standard InChI is InChI=1S/C25H20N2O5S/c1-3-14-10-11-16-19(13-14)33-25(26-16)27-21(15-7-4-5-8-17(15)31-2)20(23(29)24(27)30)22(28)18-9-6-12-32-18/h4-13,21,29H,3H2,1-2H3/t21-/m0/s1. The number of carbonyl (C=O) groups is 2. The summed E-state index contributed by atoms with van der Waals surface area (Å²) in [6.45, 7) is 2.07. The molecule has 1 aliphatic heterocycles. The number of anilines is 1. The highest BCUT2D eigenvalue weighted by Crippen LogP contribution is 2.46. The predicted octanol–water partition coefficient (Wildman–Crippen LogP) is 5.24. The van der Waals surface area contributed by atoms with E-state index in [0.29, 0.717) is 16.4 Å². The number of Topliss-reactive ketones (excluding diaryl/α,β-unsaturated/α-hetero) is 1. The van der Waals surface area contributed by atoms with Gasteiger partial charge in [-0.2, -0.15) is 0 Å². The Kier molecular flexibility index (Phi) is 5.22. The first-order valence-electron chi connectivity index (χ1n) is 10.4. The van der Waals surface area contributed by atoms with Gasteiger partial charge in [-0.3, -0.25) is 14.5 Å². The monoisotopic (exact) mass is 460 g/mol. The van der Waals surface area contributed by atoms with Gasteiger partial charge in [-0.15, -0.1) is 0 Å². The third-order valence-electron chi connectivity index (χ3n) is 5.69. The van der Waals surface area contributed by atoms with Crippen LogP contribution in [0.5, 0.6) is 5.75 Å². The Labute approximate surface area is 193 Å². The first-order valence-corrected chi connectivity index (χ1v) is 11.2. The van der Waals surface area contributed by atoms with Crippen molar-refractivity contribution in [1.29, 1.82) is 0 Å². The molecule has 0 saturated carbocycles. The number of aromatic nitrogens is 1.